The van der Waals surface area contributed by atoms with E-state index in [9.17, 15) is 17.6 Å². The van der Waals surface area contributed by atoms with Crippen LogP contribution in [0.5, 0.6) is 0 Å². The van der Waals surface area contributed by atoms with Crippen LogP contribution in [-0.4, -0.2) is 19.9 Å². The molecule has 0 spiro atoms. The Bertz CT molecular complexity index is 700. The second-order valence-corrected chi connectivity index (χ2v) is 8.14. The molecule has 1 aromatic rings. The molecular formula is C13H16BrFN2O3S. The summed E-state index contributed by atoms with van der Waals surface area (Å²) in [6.45, 7) is 3.81. The number of nitrogens with one attached hydrogen (secondary N) is 1. The summed E-state index contributed by atoms with van der Waals surface area (Å²) in [6.07, 6.45) is 2.08. The van der Waals surface area contributed by atoms with E-state index in [4.69, 9.17) is 5.14 Å². The monoisotopic (exact) mass is 378 g/mol. The lowest BCUT2D eigenvalue weighted by atomic mass is 9.98. The summed E-state index contributed by atoms with van der Waals surface area (Å²) in [5, 5.41) is 7.79. The van der Waals surface area contributed by atoms with Crippen LogP contribution in [0.2, 0.25) is 0 Å². The topological polar surface area (TPSA) is 89.3 Å². The molecule has 0 saturated heterocycles. The maximum atomic E-state index is 13.6. The fourth-order valence-corrected chi connectivity index (χ4v) is 3.30. The van der Waals surface area contributed by atoms with Crippen molar-refractivity contribution < 1.29 is 17.6 Å². The average Bonchev–Trinajstić information content (AvgIpc) is 3.09. The quantitative estimate of drug-likeness (QED) is 0.840. The van der Waals surface area contributed by atoms with Crippen molar-refractivity contribution in [2.75, 3.05) is 0 Å². The van der Waals surface area contributed by atoms with Crippen molar-refractivity contribution in [3.63, 3.8) is 0 Å². The molecule has 21 heavy (non-hydrogen) atoms. The largest absolute Gasteiger partial charge is 0.347 e. The number of halogens is 2. The Kier molecular flexibility index (Phi) is 4.16. The van der Waals surface area contributed by atoms with Crippen molar-refractivity contribution in [3.8, 4) is 0 Å². The first-order valence-corrected chi connectivity index (χ1v) is 8.70. The van der Waals surface area contributed by atoms with Crippen LogP contribution < -0.4 is 10.5 Å². The van der Waals surface area contributed by atoms with Crippen molar-refractivity contribution in [2.24, 2.45) is 11.1 Å². The minimum atomic E-state index is -4.23. The van der Waals surface area contributed by atoms with Crippen LogP contribution in [0.25, 0.3) is 0 Å². The maximum absolute atomic E-state index is 13.6. The van der Waals surface area contributed by atoms with Gasteiger partial charge in [-0.05, 0) is 60.7 Å². The lowest BCUT2D eigenvalue weighted by molar-refractivity contribution is 0.0902. The van der Waals surface area contributed by atoms with Crippen molar-refractivity contribution in [2.45, 2.75) is 37.1 Å². The van der Waals surface area contributed by atoms with Crippen molar-refractivity contribution in [3.05, 3.63) is 28.0 Å². The van der Waals surface area contributed by atoms with Gasteiger partial charge in [-0.15, -0.1) is 0 Å². The Morgan fingerprint density at radius 2 is 2.00 bits per heavy atom. The van der Waals surface area contributed by atoms with Gasteiger partial charge in [0.15, 0.2) is 0 Å². The summed E-state index contributed by atoms with van der Waals surface area (Å²) in [5.41, 5.74) is -0.360. The fraction of sp³-hybridized carbons (Fsp3) is 0.462. The van der Waals surface area contributed by atoms with Gasteiger partial charge in [-0.3, -0.25) is 4.79 Å². The molecule has 3 N–H and O–H groups in total. The third-order valence-electron chi connectivity index (χ3n) is 3.61. The molecule has 1 amide bonds. The van der Waals surface area contributed by atoms with Crippen molar-refractivity contribution >= 4 is 31.9 Å². The molecule has 1 aliphatic rings. The molecule has 0 heterocycles. The molecule has 0 atom stereocenters. The van der Waals surface area contributed by atoms with E-state index in [0.717, 1.165) is 25.0 Å². The van der Waals surface area contributed by atoms with Gasteiger partial charge in [0.05, 0.1) is 5.56 Å². The van der Waals surface area contributed by atoms with Gasteiger partial charge in [0.25, 0.3) is 5.91 Å². The zero-order chi connectivity index (χ0) is 16.0. The highest BCUT2D eigenvalue weighted by molar-refractivity contribution is 9.10. The third kappa shape index (κ3) is 3.61. The van der Waals surface area contributed by atoms with E-state index >= 15 is 0 Å². The second-order valence-electron chi connectivity index (χ2n) is 5.76. The Morgan fingerprint density at radius 3 is 2.48 bits per heavy atom. The van der Waals surface area contributed by atoms with Gasteiger partial charge in [0, 0.05) is 10.0 Å². The molecule has 1 aliphatic carbocycles. The zero-order valence-electron chi connectivity index (χ0n) is 11.6. The van der Waals surface area contributed by atoms with Gasteiger partial charge in [-0.25, -0.2) is 17.9 Å². The second kappa shape index (κ2) is 5.33. The van der Waals surface area contributed by atoms with Crippen LogP contribution in [0, 0.1) is 11.7 Å². The van der Waals surface area contributed by atoms with Gasteiger partial charge < -0.3 is 5.32 Å². The van der Waals surface area contributed by atoms with E-state index in [1.165, 1.54) is 0 Å². The Hall–Kier alpha value is -0.990. The van der Waals surface area contributed by atoms with E-state index in [1.54, 1.807) is 0 Å². The van der Waals surface area contributed by atoms with Crippen molar-refractivity contribution in [1.29, 1.82) is 0 Å². The highest BCUT2D eigenvalue weighted by Crippen LogP contribution is 2.39. The Labute approximate surface area is 131 Å². The zero-order valence-corrected chi connectivity index (χ0v) is 14.0. The number of nitrogens with two attached hydrogens (primary N) is 1. The molecule has 5 nitrogen and oxygen atoms in total. The van der Waals surface area contributed by atoms with E-state index in [2.05, 4.69) is 21.2 Å². The number of carbonyl (C=O) groups is 1. The SMILES string of the molecule is CC(C)(NC(=O)c1cc(S(N)(=O)=O)c(F)cc1Br)C1CC1. The molecule has 0 bridgehead atoms. The predicted molar refractivity (Wildman–Crippen MR) is 79.7 cm³/mol. The van der Waals surface area contributed by atoms with Crippen LogP contribution >= 0.6 is 15.9 Å². The predicted octanol–water partition coefficient (Wildman–Crippen LogP) is 2.15. The smallest absolute Gasteiger partial charge is 0.252 e. The summed E-state index contributed by atoms with van der Waals surface area (Å²) in [4.78, 5) is 11.6. The average molecular weight is 379 g/mol. The van der Waals surface area contributed by atoms with Crippen LogP contribution in [0.4, 0.5) is 4.39 Å². The molecule has 8 heteroatoms. The van der Waals surface area contributed by atoms with Crippen molar-refractivity contribution in [1.82, 2.24) is 5.32 Å². The molecule has 0 unspecified atom stereocenters. The minimum Gasteiger partial charge on any atom is -0.347 e. The van der Waals surface area contributed by atoms with E-state index in [-0.39, 0.29) is 10.0 Å². The molecular weight excluding hydrogens is 363 g/mol. The first kappa shape index (κ1) is 16.4. The van der Waals surface area contributed by atoms with Crippen LogP contribution in [0.15, 0.2) is 21.5 Å². The highest BCUT2D eigenvalue weighted by Gasteiger charge is 2.39. The van der Waals surface area contributed by atoms with Crippen LogP contribution in [0.3, 0.4) is 0 Å². The number of hydrogen-bond donors (Lipinski definition) is 2. The Morgan fingerprint density at radius 1 is 1.43 bits per heavy atom. The third-order valence-corrected chi connectivity index (χ3v) is 5.19. The number of primary sulfonamides is 1. The van der Waals surface area contributed by atoms with E-state index in [1.807, 2.05) is 13.8 Å². The first-order chi connectivity index (χ1) is 9.52. The molecule has 1 fully saturated rings. The molecule has 1 saturated carbocycles. The number of hydrogen-bond acceptors (Lipinski definition) is 3. The summed E-state index contributed by atoms with van der Waals surface area (Å²) in [6, 6.07) is 1.88. The van der Waals surface area contributed by atoms with E-state index in [0.29, 0.717) is 5.92 Å². The van der Waals surface area contributed by atoms with E-state index < -0.39 is 32.2 Å². The number of benzene rings is 1. The number of rotatable bonds is 4. The standard InChI is InChI=1S/C13H16BrFN2O3S/c1-13(2,7-3-4-7)17-12(18)8-5-11(21(16,19)20)10(15)6-9(8)14/h5-7H,3-4H2,1-2H3,(H,17,18)(H2,16,19,20). The molecule has 0 aliphatic heterocycles. The molecule has 2 rings (SSSR count). The summed E-state index contributed by atoms with van der Waals surface area (Å²) >= 11 is 3.07. The van der Waals surface area contributed by atoms with Gasteiger partial charge in [0.1, 0.15) is 10.7 Å². The maximum Gasteiger partial charge on any atom is 0.252 e. The normalized spacial score (nSPS) is 15.9. The molecule has 0 aromatic heterocycles. The Balaban J connectivity index is 2.37. The molecule has 116 valence electrons. The van der Waals surface area contributed by atoms with Crippen LogP contribution in [-0.2, 0) is 10.0 Å². The lowest BCUT2D eigenvalue weighted by Gasteiger charge is -2.26. The number of amides is 1. The lowest BCUT2D eigenvalue weighted by Crippen LogP contribution is -2.45. The highest BCUT2D eigenvalue weighted by atomic mass is 79.9. The van der Waals surface area contributed by atoms with Gasteiger partial charge >= 0.3 is 0 Å². The summed E-state index contributed by atoms with van der Waals surface area (Å²) < 4.78 is 36.5. The van der Waals surface area contributed by atoms with Gasteiger partial charge in [0.2, 0.25) is 10.0 Å². The van der Waals surface area contributed by atoms with Crippen LogP contribution in [0.1, 0.15) is 37.0 Å². The fourth-order valence-electron chi connectivity index (χ4n) is 2.19. The van der Waals surface area contributed by atoms with Gasteiger partial charge in [-0.2, -0.15) is 0 Å². The summed E-state index contributed by atoms with van der Waals surface area (Å²) in [5.74, 6) is -1.07. The summed E-state index contributed by atoms with van der Waals surface area (Å²) in [7, 11) is -4.23. The molecule has 0 radical (unpaired) electrons. The number of sulfonamides is 1. The minimum absolute atomic E-state index is 0.0362. The molecule has 1 aromatic carbocycles. The first-order valence-electron chi connectivity index (χ1n) is 6.37. The number of carbonyl (C=O) groups excluding carboxylic acids is 1. The van der Waals surface area contributed by atoms with Gasteiger partial charge in [-0.1, -0.05) is 0 Å².